The molecule has 0 bridgehead atoms. The van der Waals surface area contributed by atoms with Gasteiger partial charge in [0.05, 0.1) is 29.6 Å². The summed E-state index contributed by atoms with van der Waals surface area (Å²) in [7, 11) is -1.80. The Morgan fingerprint density at radius 1 is 1.11 bits per heavy atom. The Balaban J connectivity index is 1.72. The molecule has 150 valence electrons. The lowest BCUT2D eigenvalue weighted by atomic mass is 10.1. The molecule has 7 nitrogen and oxygen atoms in total. The third-order valence-electron chi connectivity index (χ3n) is 4.49. The molecule has 9 heteroatoms. The number of carbonyl (C=O) groups is 1. The summed E-state index contributed by atoms with van der Waals surface area (Å²) in [6.07, 6.45) is 1.06. The van der Waals surface area contributed by atoms with Crippen molar-refractivity contribution >= 4 is 38.9 Å². The molecule has 0 atom stereocenters. The Labute approximate surface area is 169 Å². The van der Waals surface area contributed by atoms with Crippen molar-refractivity contribution in [3.05, 3.63) is 53.1 Å². The third-order valence-corrected chi connectivity index (χ3v) is 5.43. The van der Waals surface area contributed by atoms with Crippen molar-refractivity contribution in [1.82, 2.24) is 4.90 Å². The summed E-state index contributed by atoms with van der Waals surface area (Å²) in [6.45, 7) is 2.36. The van der Waals surface area contributed by atoms with E-state index in [9.17, 15) is 13.2 Å². The van der Waals surface area contributed by atoms with Crippen molar-refractivity contribution in [2.75, 3.05) is 49.2 Å². The van der Waals surface area contributed by atoms with Gasteiger partial charge in [0.1, 0.15) is 5.75 Å². The minimum Gasteiger partial charge on any atom is -0.495 e. The third kappa shape index (κ3) is 4.69. The highest BCUT2D eigenvalue weighted by molar-refractivity contribution is 7.92. The van der Waals surface area contributed by atoms with Gasteiger partial charge >= 0.3 is 0 Å². The zero-order valence-electron chi connectivity index (χ0n) is 15.7. The molecule has 28 heavy (non-hydrogen) atoms. The number of nitrogens with zero attached hydrogens (tertiary/aromatic N) is 2. The van der Waals surface area contributed by atoms with E-state index in [-0.39, 0.29) is 16.5 Å². The predicted octanol–water partition coefficient (Wildman–Crippen LogP) is 2.68. The van der Waals surface area contributed by atoms with Gasteiger partial charge in [-0.05, 0) is 30.3 Å². The van der Waals surface area contributed by atoms with Gasteiger partial charge in [-0.25, -0.2) is 8.42 Å². The standard InChI is InChI=1S/C19H22ClN3O4S/c1-27-18-6-4-3-5-17(18)22-9-11-23(12-10-22)19(24)15-13-14(7-8-16(15)20)21-28(2,25)26/h3-8,13,21H,9-12H2,1-2H3. The molecule has 0 spiro atoms. The van der Waals surface area contributed by atoms with Crippen molar-refractivity contribution in [3.63, 3.8) is 0 Å². The van der Waals surface area contributed by atoms with Crippen LogP contribution in [0.25, 0.3) is 0 Å². The molecule has 1 aliphatic heterocycles. The number of nitrogens with one attached hydrogen (secondary N) is 1. The van der Waals surface area contributed by atoms with Crippen LogP contribution in [0.15, 0.2) is 42.5 Å². The zero-order valence-corrected chi connectivity index (χ0v) is 17.3. The van der Waals surface area contributed by atoms with Crippen molar-refractivity contribution in [2.24, 2.45) is 0 Å². The van der Waals surface area contributed by atoms with E-state index in [0.29, 0.717) is 31.9 Å². The van der Waals surface area contributed by atoms with Crippen molar-refractivity contribution in [3.8, 4) is 5.75 Å². The van der Waals surface area contributed by atoms with Crippen LogP contribution in [-0.4, -0.2) is 58.8 Å². The molecule has 0 aromatic heterocycles. The summed E-state index contributed by atoms with van der Waals surface area (Å²) in [4.78, 5) is 16.8. The summed E-state index contributed by atoms with van der Waals surface area (Å²) in [5.41, 5.74) is 1.58. The van der Waals surface area contributed by atoms with Crippen molar-refractivity contribution in [2.45, 2.75) is 0 Å². The van der Waals surface area contributed by atoms with E-state index in [1.54, 1.807) is 12.0 Å². The van der Waals surface area contributed by atoms with Gasteiger partial charge in [-0.2, -0.15) is 0 Å². The Hall–Kier alpha value is -2.45. The minimum absolute atomic E-state index is 0.221. The highest BCUT2D eigenvalue weighted by Crippen LogP contribution is 2.29. The van der Waals surface area contributed by atoms with E-state index in [2.05, 4.69) is 9.62 Å². The average molecular weight is 424 g/mol. The van der Waals surface area contributed by atoms with Crippen LogP contribution in [0.1, 0.15) is 10.4 Å². The van der Waals surface area contributed by atoms with Gasteiger partial charge in [0.25, 0.3) is 5.91 Å². The molecule has 1 saturated heterocycles. The number of ether oxygens (including phenoxy) is 1. The number of piperazine rings is 1. The molecule has 1 amide bonds. The number of halogens is 1. The average Bonchev–Trinajstić information content (AvgIpc) is 2.68. The highest BCUT2D eigenvalue weighted by atomic mass is 35.5. The molecule has 0 radical (unpaired) electrons. The number of anilines is 2. The number of rotatable bonds is 5. The molecular weight excluding hydrogens is 402 g/mol. The maximum Gasteiger partial charge on any atom is 0.255 e. The van der Waals surface area contributed by atoms with E-state index in [4.69, 9.17) is 16.3 Å². The lowest BCUT2D eigenvalue weighted by Gasteiger charge is -2.36. The van der Waals surface area contributed by atoms with E-state index in [1.807, 2.05) is 24.3 Å². The first-order valence-corrected chi connectivity index (χ1v) is 11.0. The van der Waals surface area contributed by atoms with E-state index < -0.39 is 10.0 Å². The summed E-state index contributed by atoms with van der Waals surface area (Å²) < 4.78 is 30.7. The summed E-state index contributed by atoms with van der Waals surface area (Å²) >= 11 is 6.19. The van der Waals surface area contributed by atoms with Crippen LogP contribution in [0.4, 0.5) is 11.4 Å². The van der Waals surface area contributed by atoms with Gasteiger partial charge in [-0.15, -0.1) is 0 Å². The van der Waals surface area contributed by atoms with Gasteiger partial charge in [-0.1, -0.05) is 23.7 Å². The van der Waals surface area contributed by atoms with Gasteiger partial charge in [0.2, 0.25) is 10.0 Å². The first-order valence-electron chi connectivity index (χ1n) is 8.73. The lowest BCUT2D eigenvalue weighted by molar-refractivity contribution is 0.0747. The summed E-state index contributed by atoms with van der Waals surface area (Å²) in [5.74, 6) is 0.576. The van der Waals surface area contributed by atoms with E-state index in [1.165, 1.54) is 18.2 Å². The van der Waals surface area contributed by atoms with E-state index >= 15 is 0 Å². The number of carbonyl (C=O) groups excluding carboxylic acids is 1. The normalized spacial score (nSPS) is 14.7. The first kappa shape index (κ1) is 20.3. The molecular formula is C19H22ClN3O4S. The van der Waals surface area contributed by atoms with Gasteiger partial charge in [0, 0.05) is 31.9 Å². The second-order valence-corrected chi connectivity index (χ2v) is 8.68. The van der Waals surface area contributed by atoms with Gasteiger partial charge in [0.15, 0.2) is 0 Å². The Morgan fingerprint density at radius 3 is 2.43 bits per heavy atom. The quantitative estimate of drug-likeness (QED) is 0.799. The molecule has 1 aliphatic rings. The molecule has 1 fully saturated rings. The fraction of sp³-hybridized carbons (Fsp3) is 0.316. The SMILES string of the molecule is COc1ccccc1N1CCN(C(=O)c2cc(NS(C)(=O)=O)ccc2Cl)CC1. The molecule has 0 saturated carbocycles. The van der Waals surface area contributed by atoms with E-state index in [0.717, 1.165) is 17.7 Å². The molecule has 1 N–H and O–H groups in total. The molecule has 1 heterocycles. The first-order chi connectivity index (χ1) is 13.3. The maximum atomic E-state index is 12.9. The van der Waals surface area contributed by atoms with Crippen LogP contribution in [0.3, 0.4) is 0 Å². The Kier molecular flexibility index (Phi) is 6.00. The number of amides is 1. The van der Waals surface area contributed by atoms with Crippen LogP contribution in [0.2, 0.25) is 5.02 Å². The van der Waals surface area contributed by atoms with Crippen LogP contribution < -0.4 is 14.4 Å². The number of methoxy groups -OCH3 is 1. The highest BCUT2D eigenvalue weighted by Gasteiger charge is 2.25. The number of hydrogen-bond donors (Lipinski definition) is 1. The Morgan fingerprint density at radius 2 is 1.79 bits per heavy atom. The maximum absolute atomic E-state index is 12.9. The fourth-order valence-corrected chi connectivity index (χ4v) is 3.93. The zero-order chi connectivity index (χ0) is 20.3. The topological polar surface area (TPSA) is 79.0 Å². The number of hydrogen-bond acceptors (Lipinski definition) is 5. The van der Waals surface area contributed by atoms with Gasteiger partial charge < -0.3 is 14.5 Å². The molecule has 2 aromatic carbocycles. The lowest BCUT2D eigenvalue weighted by Crippen LogP contribution is -2.49. The second-order valence-electron chi connectivity index (χ2n) is 6.52. The number of para-hydroxylation sites is 2. The van der Waals surface area contributed by atoms with Crippen molar-refractivity contribution in [1.29, 1.82) is 0 Å². The molecule has 0 aliphatic carbocycles. The fourth-order valence-electron chi connectivity index (χ4n) is 3.18. The smallest absolute Gasteiger partial charge is 0.255 e. The Bertz CT molecular complexity index is 973. The molecule has 3 rings (SSSR count). The number of benzene rings is 2. The second kappa shape index (κ2) is 8.28. The predicted molar refractivity (Wildman–Crippen MR) is 111 cm³/mol. The van der Waals surface area contributed by atoms with Crippen LogP contribution in [-0.2, 0) is 10.0 Å². The molecule has 0 unspecified atom stereocenters. The van der Waals surface area contributed by atoms with Crippen LogP contribution >= 0.6 is 11.6 Å². The summed E-state index contributed by atoms with van der Waals surface area (Å²) in [5, 5.41) is 0.288. The minimum atomic E-state index is -3.44. The molecule has 2 aromatic rings. The largest absolute Gasteiger partial charge is 0.495 e. The van der Waals surface area contributed by atoms with Crippen molar-refractivity contribution < 1.29 is 17.9 Å². The number of sulfonamides is 1. The van der Waals surface area contributed by atoms with Crippen LogP contribution in [0.5, 0.6) is 5.75 Å². The van der Waals surface area contributed by atoms with Crippen LogP contribution in [0, 0.1) is 0 Å². The monoisotopic (exact) mass is 423 g/mol. The van der Waals surface area contributed by atoms with Gasteiger partial charge in [-0.3, -0.25) is 9.52 Å². The summed E-state index contributed by atoms with van der Waals surface area (Å²) in [6, 6.07) is 12.3.